The highest BCUT2D eigenvalue weighted by Gasteiger charge is 2.37. The number of ether oxygens (including phenoxy) is 1. The van der Waals surface area contributed by atoms with Gasteiger partial charge in [-0.15, -0.1) is 0 Å². The molecule has 110 valence electrons. The summed E-state index contributed by atoms with van der Waals surface area (Å²) >= 11 is 3.48. The summed E-state index contributed by atoms with van der Waals surface area (Å²) in [4.78, 5) is 2.62. The molecule has 1 aliphatic heterocycles. The van der Waals surface area contributed by atoms with E-state index in [1.54, 1.807) is 0 Å². The lowest BCUT2D eigenvalue weighted by Gasteiger charge is -2.39. The molecule has 1 heterocycles. The molecule has 20 heavy (non-hydrogen) atoms. The topological polar surface area (TPSA) is 24.5 Å². The summed E-state index contributed by atoms with van der Waals surface area (Å²) in [5.41, 5.74) is 0. The van der Waals surface area contributed by atoms with Crippen molar-refractivity contribution in [1.82, 2.24) is 10.2 Å². The second-order valence-electron chi connectivity index (χ2n) is 6.01. The minimum Gasteiger partial charge on any atom is -0.492 e. The Morgan fingerprint density at radius 2 is 2.25 bits per heavy atom. The van der Waals surface area contributed by atoms with Gasteiger partial charge in [0, 0.05) is 36.2 Å². The smallest absolute Gasteiger partial charge is 0.120 e. The fourth-order valence-electron chi connectivity index (χ4n) is 3.04. The zero-order valence-corrected chi connectivity index (χ0v) is 13.6. The lowest BCUT2D eigenvalue weighted by Crippen LogP contribution is -2.57. The molecule has 0 amide bonds. The number of nitrogens with zero attached hydrogens (tertiary/aromatic N) is 1. The first kappa shape index (κ1) is 14.4. The van der Waals surface area contributed by atoms with Crippen LogP contribution in [-0.2, 0) is 0 Å². The molecule has 1 saturated carbocycles. The minimum atomic E-state index is 0.593. The SMILES string of the molecule is CC1CN(CCOc2cccc(Br)c2)C(C2CC2)CN1. The first-order valence-corrected chi connectivity index (χ1v) is 8.37. The van der Waals surface area contributed by atoms with Gasteiger partial charge in [-0.25, -0.2) is 0 Å². The van der Waals surface area contributed by atoms with Crippen molar-refractivity contribution in [2.24, 2.45) is 5.92 Å². The Kier molecular flexibility index (Phi) is 4.64. The van der Waals surface area contributed by atoms with Crippen LogP contribution in [0.2, 0.25) is 0 Å². The van der Waals surface area contributed by atoms with Crippen LogP contribution in [0.5, 0.6) is 5.75 Å². The van der Waals surface area contributed by atoms with Crippen molar-refractivity contribution in [3.63, 3.8) is 0 Å². The molecule has 0 radical (unpaired) electrons. The Morgan fingerprint density at radius 1 is 1.40 bits per heavy atom. The Bertz CT molecular complexity index is 450. The van der Waals surface area contributed by atoms with Crippen LogP contribution >= 0.6 is 15.9 Å². The second kappa shape index (κ2) is 6.46. The lowest BCUT2D eigenvalue weighted by atomic mass is 10.1. The molecular formula is C16H23BrN2O. The Morgan fingerprint density at radius 3 is 3.00 bits per heavy atom. The summed E-state index contributed by atoms with van der Waals surface area (Å²) in [6.45, 7) is 6.35. The number of benzene rings is 1. The summed E-state index contributed by atoms with van der Waals surface area (Å²) < 4.78 is 6.95. The molecule has 1 aromatic rings. The predicted octanol–water partition coefficient (Wildman–Crippen LogP) is 2.90. The van der Waals surface area contributed by atoms with Crippen molar-refractivity contribution in [2.75, 3.05) is 26.2 Å². The maximum atomic E-state index is 5.88. The van der Waals surface area contributed by atoms with Crippen molar-refractivity contribution < 1.29 is 4.74 Å². The molecule has 3 nitrogen and oxygen atoms in total. The van der Waals surface area contributed by atoms with E-state index >= 15 is 0 Å². The van der Waals surface area contributed by atoms with E-state index in [1.807, 2.05) is 24.3 Å². The van der Waals surface area contributed by atoms with Crippen molar-refractivity contribution in [3.8, 4) is 5.75 Å². The molecule has 1 N–H and O–H groups in total. The molecule has 1 saturated heterocycles. The van der Waals surface area contributed by atoms with E-state index in [0.29, 0.717) is 6.04 Å². The maximum absolute atomic E-state index is 5.88. The quantitative estimate of drug-likeness (QED) is 0.893. The highest BCUT2D eigenvalue weighted by atomic mass is 79.9. The van der Waals surface area contributed by atoms with Crippen LogP contribution in [0.25, 0.3) is 0 Å². The summed E-state index contributed by atoms with van der Waals surface area (Å²) in [5.74, 6) is 1.87. The van der Waals surface area contributed by atoms with E-state index in [9.17, 15) is 0 Å². The predicted molar refractivity (Wildman–Crippen MR) is 85.2 cm³/mol. The average Bonchev–Trinajstić information content (AvgIpc) is 3.23. The Labute approximate surface area is 129 Å². The molecular weight excluding hydrogens is 316 g/mol. The van der Waals surface area contributed by atoms with Crippen LogP contribution in [0.15, 0.2) is 28.7 Å². The zero-order chi connectivity index (χ0) is 13.9. The molecule has 2 atom stereocenters. The fraction of sp³-hybridized carbons (Fsp3) is 0.625. The van der Waals surface area contributed by atoms with Crippen LogP contribution in [0.1, 0.15) is 19.8 Å². The van der Waals surface area contributed by atoms with E-state index in [-0.39, 0.29) is 0 Å². The molecule has 0 spiro atoms. The zero-order valence-electron chi connectivity index (χ0n) is 12.0. The third-order valence-electron chi connectivity index (χ3n) is 4.26. The monoisotopic (exact) mass is 338 g/mol. The van der Waals surface area contributed by atoms with Crippen molar-refractivity contribution in [2.45, 2.75) is 31.8 Å². The lowest BCUT2D eigenvalue weighted by molar-refractivity contribution is 0.100. The van der Waals surface area contributed by atoms with Gasteiger partial charge in [-0.3, -0.25) is 4.90 Å². The van der Waals surface area contributed by atoms with Gasteiger partial charge in [0.05, 0.1) is 0 Å². The van der Waals surface area contributed by atoms with E-state index in [0.717, 1.165) is 48.4 Å². The fourth-order valence-corrected chi connectivity index (χ4v) is 3.42. The highest BCUT2D eigenvalue weighted by molar-refractivity contribution is 9.10. The average molecular weight is 339 g/mol. The van der Waals surface area contributed by atoms with Gasteiger partial charge < -0.3 is 10.1 Å². The van der Waals surface area contributed by atoms with Gasteiger partial charge in [0.15, 0.2) is 0 Å². The van der Waals surface area contributed by atoms with Crippen molar-refractivity contribution >= 4 is 15.9 Å². The summed E-state index contributed by atoms with van der Waals surface area (Å²) in [7, 11) is 0. The maximum Gasteiger partial charge on any atom is 0.120 e. The number of nitrogens with one attached hydrogen (secondary N) is 1. The largest absolute Gasteiger partial charge is 0.492 e. The molecule has 2 fully saturated rings. The van der Waals surface area contributed by atoms with Gasteiger partial charge in [0.2, 0.25) is 0 Å². The van der Waals surface area contributed by atoms with Crippen molar-refractivity contribution in [1.29, 1.82) is 0 Å². The van der Waals surface area contributed by atoms with Gasteiger partial charge in [0.25, 0.3) is 0 Å². The molecule has 2 unspecified atom stereocenters. The highest BCUT2D eigenvalue weighted by Crippen LogP contribution is 2.36. The molecule has 0 bridgehead atoms. The van der Waals surface area contributed by atoms with Crippen LogP contribution in [0, 0.1) is 5.92 Å². The molecule has 0 aromatic heterocycles. The van der Waals surface area contributed by atoms with E-state index in [1.165, 1.54) is 12.8 Å². The first-order valence-electron chi connectivity index (χ1n) is 7.58. The van der Waals surface area contributed by atoms with E-state index in [2.05, 4.69) is 33.1 Å². The number of rotatable bonds is 5. The number of piperazine rings is 1. The van der Waals surface area contributed by atoms with Crippen LogP contribution in [0.4, 0.5) is 0 Å². The van der Waals surface area contributed by atoms with Gasteiger partial charge >= 0.3 is 0 Å². The number of halogens is 1. The van der Waals surface area contributed by atoms with E-state index < -0.39 is 0 Å². The second-order valence-corrected chi connectivity index (χ2v) is 6.93. The molecule has 1 aliphatic carbocycles. The number of hydrogen-bond acceptors (Lipinski definition) is 3. The molecule has 4 heteroatoms. The first-order chi connectivity index (χ1) is 9.72. The van der Waals surface area contributed by atoms with Gasteiger partial charge in [0.1, 0.15) is 12.4 Å². The van der Waals surface area contributed by atoms with Crippen LogP contribution < -0.4 is 10.1 Å². The van der Waals surface area contributed by atoms with Crippen molar-refractivity contribution in [3.05, 3.63) is 28.7 Å². The minimum absolute atomic E-state index is 0.593. The standard InChI is InChI=1S/C16H23BrN2O/c1-12-11-19(16(10-18-12)13-5-6-13)7-8-20-15-4-2-3-14(17)9-15/h2-4,9,12-13,16,18H,5-8,10-11H2,1H3. The Balaban J connectivity index is 1.50. The normalized spacial score (nSPS) is 27.5. The molecule has 2 aliphatic rings. The summed E-state index contributed by atoms with van der Waals surface area (Å²) in [6.07, 6.45) is 2.81. The van der Waals surface area contributed by atoms with Gasteiger partial charge in [-0.05, 0) is 43.9 Å². The van der Waals surface area contributed by atoms with Crippen LogP contribution in [-0.4, -0.2) is 43.2 Å². The third kappa shape index (κ3) is 3.74. The Hall–Kier alpha value is -0.580. The van der Waals surface area contributed by atoms with E-state index in [4.69, 9.17) is 4.74 Å². The van der Waals surface area contributed by atoms with Gasteiger partial charge in [-0.2, -0.15) is 0 Å². The summed E-state index contributed by atoms with van der Waals surface area (Å²) in [5, 5.41) is 3.61. The number of hydrogen-bond donors (Lipinski definition) is 1. The third-order valence-corrected chi connectivity index (χ3v) is 4.76. The molecule has 1 aromatic carbocycles. The summed E-state index contributed by atoms with van der Waals surface area (Å²) in [6, 6.07) is 9.39. The van der Waals surface area contributed by atoms with Gasteiger partial charge in [-0.1, -0.05) is 22.0 Å². The molecule has 3 rings (SSSR count). The van der Waals surface area contributed by atoms with Crippen LogP contribution in [0.3, 0.4) is 0 Å².